The van der Waals surface area contributed by atoms with Crippen LogP contribution >= 0.6 is 0 Å². The van der Waals surface area contributed by atoms with E-state index in [1.165, 1.54) is 32.7 Å². The van der Waals surface area contributed by atoms with Crippen LogP contribution in [0.2, 0.25) is 0 Å². The van der Waals surface area contributed by atoms with Crippen LogP contribution in [0, 0.1) is 6.92 Å². The molecule has 0 atom stereocenters. The third kappa shape index (κ3) is 1.77. The third-order valence-electron chi connectivity index (χ3n) is 3.91. The molecule has 0 saturated carbocycles. The zero-order valence-electron chi connectivity index (χ0n) is 11.7. The molecule has 0 aliphatic carbocycles. The Morgan fingerprint density at radius 3 is 2.47 bits per heavy atom. The van der Waals surface area contributed by atoms with Crippen LogP contribution in [0.25, 0.3) is 21.5 Å². The predicted molar refractivity (Wildman–Crippen MR) is 82.1 cm³/mol. The van der Waals surface area contributed by atoms with Crippen molar-refractivity contribution in [1.29, 1.82) is 0 Å². The van der Waals surface area contributed by atoms with Crippen LogP contribution < -0.4 is 4.74 Å². The highest BCUT2D eigenvalue weighted by atomic mass is 16.5. The van der Waals surface area contributed by atoms with E-state index in [1.807, 2.05) is 0 Å². The maximum atomic E-state index is 5.59. The molecule has 0 aliphatic heterocycles. The maximum Gasteiger partial charge on any atom is 0.125 e. The lowest BCUT2D eigenvalue weighted by Crippen LogP contribution is -1.95. The van der Waals surface area contributed by atoms with Crippen molar-refractivity contribution in [2.45, 2.75) is 20.3 Å². The van der Waals surface area contributed by atoms with Gasteiger partial charge in [0.05, 0.1) is 7.11 Å². The first-order valence-electron chi connectivity index (χ1n) is 6.74. The molecule has 0 heterocycles. The first kappa shape index (κ1) is 12.0. The van der Waals surface area contributed by atoms with Crippen molar-refractivity contribution in [2.75, 3.05) is 7.11 Å². The number of benzene rings is 3. The van der Waals surface area contributed by atoms with Gasteiger partial charge in [0, 0.05) is 0 Å². The summed E-state index contributed by atoms with van der Waals surface area (Å²) in [5.41, 5.74) is 2.52. The summed E-state index contributed by atoms with van der Waals surface area (Å²) >= 11 is 0. The van der Waals surface area contributed by atoms with Crippen molar-refractivity contribution in [1.82, 2.24) is 0 Å². The summed E-state index contributed by atoms with van der Waals surface area (Å²) in [6, 6.07) is 15.2. The molecule has 3 rings (SSSR count). The number of methoxy groups -OCH3 is 1. The highest BCUT2D eigenvalue weighted by molar-refractivity contribution is 6.09. The van der Waals surface area contributed by atoms with Crippen LogP contribution in [0.4, 0.5) is 0 Å². The van der Waals surface area contributed by atoms with Gasteiger partial charge >= 0.3 is 0 Å². The Morgan fingerprint density at radius 2 is 1.74 bits per heavy atom. The Kier molecular flexibility index (Phi) is 2.90. The van der Waals surface area contributed by atoms with Gasteiger partial charge in [0.1, 0.15) is 5.75 Å². The third-order valence-corrected chi connectivity index (χ3v) is 3.91. The molecule has 0 unspecified atom stereocenters. The second kappa shape index (κ2) is 4.58. The summed E-state index contributed by atoms with van der Waals surface area (Å²) in [5.74, 6) is 1.03. The molecule has 0 N–H and O–H groups in total. The van der Waals surface area contributed by atoms with E-state index in [0.29, 0.717) is 0 Å². The van der Waals surface area contributed by atoms with Crippen LogP contribution in [-0.4, -0.2) is 7.11 Å². The molecule has 0 amide bonds. The number of hydrogen-bond acceptors (Lipinski definition) is 1. The summed E-state index contributed by atoms with van der Waals surface area (Å²) in [7, 11) is 1.76. The molecule has 0 aliphatic rings. The molecule has 1 nitrogen and oxygen atoms in total. The summed E-state index contributed by atoms with van der Waals surface area (Å²) in [5, 5.41) is 5.23. The van der Waals surface area contributed by atoms with Gasteiger partial charge in [0.25, 0.3) is 0 Å². The van der Waals surface area contributed by atoms with Gasteiger partial charge in [-0.25, -0.2) is 0 Å². The van der Waals surface area contributed by atoms with Crippen LogP contribution in [0.15, 0.2) is 42.5 Å². The van der Waals surface area contributed by atoms with E-state index >= 15 is 0 Å². The average Bonchev–Trinajstić information content (AvgIpc) is 2.46. The molecular weight excluding hydrogens is 232 g/mol. The van der Waals surface area contributed by atoms with E-state index < -0.39 is 0 Å². The number of aryl methyl sites for hydroxylation is 2. The first-order valence-corrected chi connectivity index (χ1v) is 6.74. The number of ether oxygens (including phenoxy) is 1. The lowest BCUT2D eigenvalue weighted by Gasteiger charge is -2.14. The zero-order valence-corrected chi connectivity index (χ0v) is 11.7. The smallest absolute Gasteiger partial charge is 0.125 e. The van der Waals surface area contributed by atoms with E-state index in [0.717, 1.165) is 12.2 Å². The minimum Gasteiger partial charge on any atom is -0.496 e. The fourth-order valence-electron chi connectivity index (χ4n) is 2.93. The molecule has 1 heteroatoms. The van der Waals surface area contributed by atoms with Gasteiger partial charge in [0.2, 0.25) is 0 Å². The van der Waals surface area contributed by atoms with Gasteiger partial charge in [-0.15, -0.1) is 0 Å². The fourth-order valence-corrected chi connectivity index (χ4v) is 2.93. The zero-order chi connectivity index (χ0) is 13.4. The highest BCUT2D eigenvalue weighted by Crippen LogP contribution is 2.35. The van der Waals surface area contributed by atoms with Crippen molar-refractivity contribution in [2.24, 2.45) is 0 Å². The Morgan fingerprint density at radius 1 is 0.947 bits per heavy atom. The van der Waals surface area contributed by atoms with Gasteiger partial charge in [-0.05, 0) is 52.1 Å². The van der Waals surface area contributed by atoms with Gasteiger partial charge in [-0.1, -0.05) is 43.3 Å². The van der Waals surface area contributed by atoms with Crippen molar-refractivity contribution in [3.63, 3.8) is 0 Å². The highest BCUT2D eigenvalue weighted by Gasteiger charge is 2.11. The van der Waals surface area contributed by atoms with E-state index in [2.05, 4.69) is 56.3 Å². The Bertz CT molecular complexity index is 756. The van der Waals surface area contributed by atoms with Crippen molar-refractivity contribution >= 4 is 21.5 Å². The largest absolute Gasteiger partial charge is 0.496 e. The average molecular weight is 250 g/mol. The van der Waals surface area contributed by atoms with Gasteiger partial charge in [0.15, 0.2) is 0 Å². The van der Waals surface area contributed by atoms with Gasteiger partial charge < -0.3 is 4.74 Å². The summed E-state index contributed by atoms with van der Waals surface area (Å²) in [6.07, 6.45) is 0.989. The fraction of sp³-hybridized carbons (Fsp3) is 0.222. The minimum absolute atomic E-state index is 0.989. The van der Waals surface area contributed by atoms with E-state index in [4.69, 9.17) is 4.74 Å². The molecule has 0 bridgehead atoms. The lowest BCUT2D eigenvalue weighted by atomic mass is 9.95. The molecule has 0 radical (unpaired) electrons. The summed E-state index contributed by atoms with van der Waals surface area (Å²) < 4.78 is 5.59. The number of hydrogen-bond donors (Lipinski definition) is 0. The van der Waals surface area contributed by atoms with Crippen molar-refractivity contribution in [3.05, 3.63) is 53.6 Å². The van der Waals surface area contributed by atoms with Crippen molar-refractivity contribution < 1.29 is 4.74 Å². The van der Waals surface area contributed by atoms with Gasteiger partial charge in [-0.2, -0.15) is 0 Å². The summed E-state index contributed by atoms with van der Waals surface area (Å²) in [6.45, 7) is 4.32. The number of fused-ring (bicyclic) bond motifs is 3. The van der Waals surface area contributed by atoms with Crippen molar-refractivity contribution in [3.8, 4) is 5.75 Å². The van der Waals surface area contributed by atoms with E-state index in [9.17, 15) is 0 Å². The molecule has 0 spiro atoms. The Labute approximate surface area is 113 Å². The molecule has 19 heavy (non-hydrogen) atoms. The predicted octanol–water partition coefficient (Wildman–Crippen LogP) is 4.87. The van der Waals surface area contributed by atoms with Crippen LogP contribution in [0.1, 0.15) is 18.1 Å². The standard InChI is InChI=1S/C18H18O/c1-4-13-11-17-15(12(2)18(13)19-3)10-9-14-7-5-6-8-16(14)17/h5-11H,4H2,1-3H3. The maximum absolute atomic E-state index is 5.59. The van der Waals surface area contributed by atoms with Crippen LogP contribution in [0.3, 0.4) is 0 Å². The molecule has 0 aromatic heterocycles. The quantitative estimate of drug-likeness (QED) is 0.589. The number of rotatable bonds is 2. The topological polar surface area (TPSA) is 9.23 Å². The Balaban J connectivity index is 2.50. The van der Waals surface area contributed by atoms with Crippen LogP contribution in [-0.2, 0) is 6.42 Å². The van der Waals surface area contributed by atoms with E-state index in [1.54, 1.807) is 7.11 Å². The molecular formula is C18H18O. The Hall–Kier alpha value is -2.02. The second-order valence-corrected chi connectivity index (χ2v) is 4.93. The minimum atomic E-state index is 0.989. The normalized spacial score (nSPS) is 11.1. The molecule has 3 aromatic carbocycles. The molecule has 96 valence electrons. The van der Waals surface area contributed by atoms with Crippen LogP contribution in [0.5, 0.6) is 5.75 Å². The lowest BCUT2D eigenvalue weighted by molar-refractivity contribution is 0.408. The van der Waals surface area contributed by atoms with Gasteiger partial charge in [-0.3, -0.25) is 0 Å². The SMILES string of the molecule is CCc1cc2c(ccc3ccccc32)c(C)c1OC. The monoisotopic (exact) mass is 250 g/mol. The van der Waals surface area contributed by atoms with E-state index in [-0.39, 0.29) is 0 Å². The second-order valence-electron chi connectivity index (χ2n) is 4.93. The molecule has 0 saturated heterocycles. The molecule has 3 aromatic rings. The molecule has 0 fully saturated rings. The first-order chi connectivity index (χ1) is 9.26. The summed E-state index contributed by atoms with van der Waals surface area (Å²) in [4.78, 5) is 0.